The zero-order valence-corrected chi connectivity index (χ0v) is 14.9. The molecule has 0 bridgehead atoms. The highest BCUT2D eigenvalue weighted by atomic mass is 32.1. The molecule has 0 fully saturated rings. The maximum absolute atomic E-state index is 12.6. The number of thiazole rings is 1. The Bertz CT molecular complexity index is 951. The molecule has 0 saturated heterocycles. The Morgan fingerprint density at radius 2 is 2.24 bits per heavy atom. The van der Waals surface area contributed by atoms with Gasteiger partial charge in [0.2, 0.25) is 0 Å². The fourth-order valence-electron chi connectivity index (χ4n) is 3.10. The molecule has 1 atom stereocenters. The minimum Gasteiger partial charge on any atom is -0.493 e. The molecule has 1 N–H and O–H groups in total. The number of para-hydroxylation sites is 1. The summed E-state index contributed by atoms with van der Waals surface area (Å²) in [5.74, 6) is 1.40. The van der Waals surface area contributed by atoms with E-state index in [-0.39, 0.29) is 11.9 Å². The molecule has 3 aromatic rings. The van der Waals surface area contributed by atoms with Crippen LogP contribution in [0.2, 0.25) is 0 Å². The van der Waals surface area contributed by atoms with Gasteiger partial charge < -0.3 is 14.8 Å². The van der Waals surface area contributed by atoms with Crippen LogP contribution in [-0.2, 0) is 6.42 Å². The van der Waals surface area contributed by atoms with Crippen molar-refractivity contribution in [3.63, 3.8) is 0 Å². The van der Waals surface area contributed by atoms with Crippen molar-refractivity contribution >= 4 is 27.5 Å². The molecule has 1 aromatic heterocycles. The summed E-state index contributed by atoms with van der Waals surface area (Å²) in [6.45, 7) is 2.40. The summed E-state index contributed by atoms with van der Waals surface area (Å²) in [5.41, 5.74) is 2.53. The van der Waals surface area contributed by atoms with Crippen LogP contribution < -0.4 is 14.8 Å². The largest absolute Gasteiger partial charge is 0.493 e. The lowest BCUT2D eigenvalue weighted by atomic mass is 10.0. The number of fused-ring (bicyclic) bond motifs is 2. The van der Waals surface area contributed by atoms with E-state index < -0.39 is 0 Å². The number of benzene rings is 2. The van der Waals surface area contributed by atoms with E-state index in [1.807, 2.05) is 43.3 Å². The second kappa shape index (κ2) is 6.37. The minimum atomic E-state index is -0.104. The molecule has 128 valence electrons. The average Bonchev–Trinajstić information content (AvgIpc) is 3.00. The van der Waals surface area contributed by atoms with Crippen LogP contribution >= 0.6 is 11.3 Å². The molecular weight excluding hydrogens is 336 g/mol. The fourth-order valence-corrected chi connectivity index (χ4v) is 3.91. The Hall–Kier alpha value is -2.60. The number of rotatable bonds is 3. The van der Waals surface area contributed by atoms with Gasteiger partial charge in [-0.25, -0.2) is 4.98 Å². The number of hydrogen-bond acceptors (Lipinski definition) is 5. The predicted octanol–water partition coefficient (Wildman–Crippen LogP) is 3.35. The zero-order chi connectivity index (χ0) is 17.4. The van der Waals surface area contributed by atoms with Crippen molar-refractivity contribution in [1.29, 1.82) is 0 Å². The predicted molar refractivity (Wildman–Crippen MR) is 97.8 cm³/mol. The van der Waals surface area contributed by atoms with E-state index in [4.69, 9.17) is 9.47 Å². The summed E-state index contributed by atoms with van der Waals surface area (Å²) < 4.78 is 12.2. The summed E-state index contributed by atoms with van der Waals surface area (Å²) in [5, 5.41) is 4.05. The number of ether oxygens (including phenoxy) is 2. The molecule has 0 aliphatic carbocycles. The van der Waals surface area contributed by atoms with E-state index in [1.165, 1.54) is 0 Å². The number of hydrogen-bond donors (Lipinski definition) is 1. The normalized spacial score (nSPS) is 16.2. The van der Waals surface area contributed by atoms with E-state index in [9.17, 15) is 4.79 Å². The van der Waals surface area contributed by atoms with Crippen LogP contribution in [0.15, 0.2) is 36.4 Å². The molecule has 25 heavy (non-hydrogen) atoms. The number of methoxy groups -OCH3 is 1. The van der Waals surface area contributed by atoms with Crippen LogP contribution in [0, 0.1) is 6.92 Å². The number of nitrogens with zero attached hydrogens (tertiary/aromatic N) is 1. The van der Waals surface area contributed by atoms with Gasteiger partial charge in [-0.2, -0.15) is 0 Å². The van der Waals surface area contributed by atoms with E-state index >= 15 is 0 Å². The van der Waals surface area contributed by atoms with Crippen LogP contribution in [0.5, 0.6) is 11.5 Å². The van der Waals surface area contributed by atoms with Crippen molar-refractivity contribution in [3.8, 4) is 11.5 Å². The molecule has 1 aliphatic heterocycles. The highest BCUT2D eigenvalue weighted by Crippen LogP contribution is 2.34. The van der Waals surface area contributed by atoms with Crippen LogP contribution in [-0.4, -0.2) is 30.6 Å². The van der Waals surface area contributed by atoms with Gasteiger partial charge in [0.05, 0.1) is 28.4 Å². The monoisotopic (exact) mass is 354 g/mol. The van der Waals surface area contributed by atoms with Gasteiger partial charge in [0.15, 0.2) is 11.5 Å². The molecule has 1 amide bonds. The minimum absolute atomic E-state index is 0.0695. The molecule has 5 nitrogen and oxygen atoms in total. The van der Waals surface area contributed by atoms with E-state index in [0.29, 0.717) is 12.2 Å². The van der Waals surface area contributed by atoms with Crippen molar-refractivity contribution in [1.82, 2.24) is 10.3 Å². The number of aryl methyl sites for hydroxylation is 1. The smallest absolute Gasteiger partial charge is 0.251 e. The Morgan fingerprint density at radius 3 is 3.08 bits per heavy atom. The standard InChI is InChI=1S/C19H18N2O3S/c1-11-20-15-9-13(6-7-17(15)25-11)19(22)21-14-8-12-4-3-5-16(23-2)18(12)24-10-14/h3-7,9,14H,8,10H2,1-2H3,(H,21,22)/t14-/m0/s1. The van der Waals surface area contributed by atoms with Crippen molar-refractivity contribution < 1.29 is 14.3 Å². The molecule has 0 unspecified atom stereocenters. The molecule has 0 spiro atoms. The summed E-state index contributed by atoms with van der Waals surface area (Å²) in [6, 6.07) is 11.4. The fraction of sp³-hybridized carbons (Fsp3) is 0.263. The third-order valence-electron chi connectivity index (χ3n) is 4.27. The lowest BCUT2D eigenvalue weighted by Crippen LogP contribution is -2.42. The summed E-state index contributed by atoms with van der Waals surface area (Å²) in [4.78, 5) is 17.0. The van der Waals surface area contributed by atoms with Gasteiger partial charge in [-0.15, -0.1) is 11.3 Å². The van der Waals surface area contributed by atoms with Gasteiger partial charge in [-0.1, -0.05) is 12.1 Å². The van der Waals surface area contributed by atoms with Crippen molar-refractivity contribution in [2.45, 2.75) is 19.4 Å². The molecule has 2 heterocycles. The van der Waals surface area contributed by atoms with Gasteiger partial charge in [0.1, 0.15) is 6.61 Å². The molecule has 2 aromatic carbocycles. The number of amides is 1. The molecular formula is C19H18N2O3S. The first-order chi connectivity index (χ1) is 12.1. The first-order valence-corrected chi connectivity index (χ1v) is 8.92. The summed E-state index contributed by atoms with van der Waals surface area (Å²) >= 11 is 1.63. The van der Waals surface area contributed by atoms with Crippen LogP contribution in [0.4, 0.5) is 0 Å². The van der Waals surface area contributed by atoms with Crippen molar-refractivity contribution in [2.24, 2.45) is 0 Å². The number of carbonyl (C=O) groups is 1. The van der Waals surface area contributed by atoms with Gasteiger partial charge in [-0.05, 0) is 37.6 Å². The van der Waals surface area contributed by atoms with E-state index in [2.05, 4.69) is 10.3 Å². The maximum Gasteiger partial charge on any atom is 0.251 e. The quantitative estimate of drug-likeness (QED) is 0.784. The maximum atomic E-state index is 12.6. The van der Waals surface area contributed by atoms with Gasteiger partial charge in [0.25, 0.3) is 5.91 Å². The SMILES string of the molecule is COc1cccc2c1OC[C@@H](NC(=O)c1ccc3sc(C)nc3c1)C2. The molecule has 0 saturated carbocycles. The molecule has 6 heteroatoms. The van der Waals surface area contributed by atoms with Crippen LogP contribution in [0.25, 0.3) is 10.2 Å². The molecule has 4 rings (SSSR count). The lowest BCUT2D eigenvalue weighted by molar-refractivity contribution is 0.0914. The first kappa shape index (κ1) is 15.9. The summed E-state index contributed by atoms with van der Waals surface area (Å²) in [7, 11) is 1.63. The van der Waals surface area contributed by atoms with Crippen molar-refractivity contribution in [3.05, 3.63) is 52.5 Å². The van der Waals surface area contributed by atoms with Crippen molar-refractivity contribution in [2.75, 3.05) is 13.7 Å². The Labute approximate surface area is 149 Å². The number of aromatic nitrogens is 1. The Morgan fingerprint density at radius 1 is 1.36 bits per heavy atom. The lowest BCUT2D eigenvalue weighted by Gasteiger charge is -2.27. The van der Waals surface area contributed by atoms with Crippen LogP contribution in [0.1, 0.15) is 20.9 Å². The Kier molecular flexibility index (Phi) is 4.05. The second-order valence-electron chi connectivity index (χ2n) is 6.05. The molecule has 0 radical (unpaired) electrons. The van der Waals surface area contributed by atoms with E-state index in [1.54, 1.807) is 18.4 Å². The van der Waals surface area contributed by atoms with Gasteiger partial charge in [0, 0.05) is 11.1 Å². The third-order valence-corrected chi connectivity index (χ3v) is 5.22. The second-order valence-corrected chi connectivity index (χ2v) is 7.28. The average molecular weight is 354 g/mol. The highest BCUT2D eigenvalue weighted by molar-refractivity contribution is 7.18. The number of carbonyl (C=O) groups excluding carboxylic acids is 1. The first-order valence-electron chi connectivity index (χ1n) is 8.11. The van der Waals surface area contributed by atoms with Crippen LogP contribution in [0.3, 0.4) is 0 Å². The van der Waals surface area contributed by atoms with Gasteiger partial charge >= 0.3 is 0 Å². The Balaban J connectivity index is 1.50. The third kappa shape index (κ3) is 3.05. The molecule has 1 aliphatic rings. The highest BCUT2D eigenvalue weighted by Gasteiger charge is 2.24. The topological polar surface area (TPSA) is 60.5 Å². The van der Waals surface area contributed by atoms with Gasteiger partial charge in [-0.3, -0.25) is 4.79 Å². The van der Waals surface area contributed by atoms with E-state index in [0.717, 1.165) is 38.7 Å². The summed E-state index contributed by atoms with van der Waals surface area (Å²) in [6.07, 6.45) is 0.719. The number of nitrogens with one attached hydrogen (secondary N) is 1. The zero-order valence-electron chi connectivity index (χ0n) is 14.0.